The fourth-order valence-electron chi connectivity index (χ4n) is 1.49. The van der Waals surface area contributed by atoms with Crippen molar-refractivity contribution in [1.82, 2.24) is 4.98 Å². The Balaban J connectivity index is 2.09. The second-order valence-electron chi connectivity index (χ2n) is 3.12. The predicted molar refractivity (Wildman–Crippen MR) is 56.8 cm³/mol. The maximum absolute atomic E-state index is 10.4. The summed E-state index contributed by atoms with van der Waals surface area (Å²) < 4.78 is 0. The van der Waals surface area contributed by atoms with Gasteiger partial charge in [-0.2, -0.15) is 11.8 Å². The monoisotopic (exact) mass is 213 g/mol. The summed E-state index contributed by atoms with van der Waals surface area (Å²) in [7, 11) is 0. The van der Waals surface area contributed by atoms with Crippen LogP contribution >= 0.6 is 23.1 Å². The van der Waals surface area contributed by atoms with Crippen LogP contribution in [0, 0.1) is 0 Å². The van der Waals surface area contributed by atoms with Gasteiger partial charge in [0.15, 0.2) is 6.29 Å². The fourth-order valence-corrected chi connectivity index (χ4v) is 3.53. The minimum absolute atomic E-state index is 0.596. The normalized spacial score (nSPS) is 18.8. The van der Waals surface area contributed by atoms with Crippen molar-refractivity contribution in [2.45, 2.75) is 18.8 Å². The summed E-state index contributed by atoms with van der Waals surface area (Å²) in [6.45, 7) is 0. The number of aromatic nitrogens is 1. The van der Waals surface area contributed by atoms with Gasteiger partial charge in [-0.1, -0.05) is 0 Å². The van der Waals surface area contributed by atoms with Gasteiger partial charge in [0.05, 0.1) is 5.01 Å². The molecule has 0 aliphatic carbocycles. The first-order valence-corrected chi connectivity index (χ1v) is 6.42. The molecule has 1 fully saturated rings. The molecule has 0 bridgehead atoms. The maximum Gasteiger partial charge on any atom is 0.169 e. The lowest BCUT2D eigenvalue weighted by Gasteiger charge is -2.18. The number of aldehydes is 1. The lowest BCUT2D eigenvalue weighted by Crippen LogP contribution is -2.07. The third kappa shape index (κ3) is 2.11. The van der Waals surface area contributed by atoms with E-state index >= 15 is 0 Å². The zero-order valence-electron chi connectivity index (χ0n) is 7.23. The Kier molecular flexibility index (Phi) is 3.01. The zero-order chi connectivity index (χ0) is 9.10. The van der Waals surface area contributed by atoms with E-state index in [0.717, 1.165) is 11.3 Å². The number of thiazole rings is 1. The van der Waals surface area contributed by atoms with E-state index in [1.165, 1.54) is 24.3 Å². The van der Waals surface area contributed by atoms with E-state index in [2.05, 4.69) is 4.98 Å². The molecule has 4 heteroatoms. The summed E-state index contributed by atoms with van der Waals surface area (Å²) in [5.74, 6) is 3.08. The lowest BCUT2D eigenvalue weighted by atomic mass is 10.0. The SMILES string of the molecule is O=Cc1csc(C2CCSCC2)n1. The number of hydrogen-bond donors (Lipinski definition) is 0. The molecule has 1 aliphatic heterocycles. The van der Waals surface area contributed by atoms with Gasteiger partial charge in [0.1, 0.15) is 5.69 Å². The van der Waals surface area contributed by atoms with E-state index in [-0.39, 0.29) is 0 Å². The van der Waals surface area contributed by atoms with Gasteiger partial charge in [-0.25, -0.2) is 4.98 Å². The van der Waals surface area contributed by atoms with Crippen LogP contribution in [0.2, 0.25) is 0 Å². The molecule has 0 atom stereocenters. The highest BCUT2D eigenvalue weighted by atomic mass is 32.2. The Bertz CT molecular complexity index is 292. The van der Waals surface area contributed by atoms with E-state index in [0.29, 0.717) is 11.6 Å². The Morgan fingerprint density at radius 2 is 2.23 bits per heavy atom. The molecule has 1 aromatic heterocycles. The summed E-state index contributed by atoms with van der Waals surface area (Å²) in [4.78, 5) is 14.7. The highest BCUT2D eigenvalue weighted by molar-refractivity contribution is 7.99. The second kappa shape index (κ2) is 4.24. The van der Waals surface area contributed by atoms with Crippen molar-refractivity contribution in [3.8, 4) is 0 Å². The Morgan fingerprint density at radius 1 is 1.46 bits per heavy atom. The third-order valence-electron chi connectivity index (χ3n) is 2.23. The van der Waals surface area contributed by atoms with Gasteiger partial charge in [0.2, 0.25) is 0 Å². The summed E-state index contributed by atoms with van der Waals surface area (Å²) in [6, 6.07) is 0. The van der Waals surface area contributed by atoms with E-state index in [1.54, 1.807) is 11.3 Å². The van der Waals surface area contributed by atoms with Crippen LogP contribution in [-0.4, -0.2) is 22.8 Å². The largest absolute Gasteiger partial charge is 0.296 e. The molecular weight excluding hydrogens is 202 g/mol. The van der Waals surface area contributed by atoms with Gasteiger partial charge >= 0.3 is 0 Å². The lowest BCUT2D eigenvalue weighted by molar-refractivity contribution is 0.111. The molecule has 0 saturated carbocycles. The van der Waals surface area contributed by atoms with Crippen molar-refractivity contribution in [3.63, 3.8) is 0 Å². The molecule has 2 heterocycles. The average molecular weight is 213 g/mol. The van der Waals surface area contributed by atoms with Crippen molar-refractivity contribution in [2.75, 3.05) is 11.5 Å². The summed E-state index contributed by atoms with van der Waals surface area (Å²) in [5.41, 5.74) is 0.596. The van der Waals surface area contributed by atoms with Crippen LogP contribution in [0.5, 0.6) is 0 Å². The molecule has 13 heavy (non-hydrogen) atoms. The van der Waals surface area contributed by atoms with Crippen LogP contribution < -0.4 is 0 Å². The summed E-state index contributed by atoms with van der Waals surface area (Å²) >= 11 is 3.64. The van der Waals surface area contributed by atoms with Crippen LogP contribution in [0.4, 0.5) is 0 Å². The van der Waals surface area contributed by atoms with Crippen molar-refractivity contribution >= 4 is 29.4 Å². The Labute approximate surface area is 85.8 Å². The minimum atomic E-state index is 0.596. The number of hydrogen-bond acceptors (Lipinski definition) is 4. The third-order valence-corrected chi connectivity index (χ3v) is 4.31. The molecule has 70 valence electrons. The number of carbonyl (C=O) groups excluding carboxylic acids is 1. The Hall–Kier alpha value is -0.350. The summed E-state index contributed by atoms with van der Waals surface area (Å²) in [6.07, 6.45) is 3.27. The summed E-state index contributed by atoms with van der Waals surface area (Å²) in [5, 5.41) is 3.01. The van der Waals surface area contributed by atoms with Crippen molar-refractivity contribution in [3.05, 3.63) is 16.1 Å². The highest BCUT2D eigenvalue weighted by Gasteiger charge is 2.18. The quantitative estimate of drug-likeness (QED) is 0.707. The number of thioether (sulfide) groups is 1. The first kappa shape index (κ1) is 9.21. The van der Waals surface area contributed by atoms with Gasteiger partial charge in [0, 0.05) is 11.3 Å². The molecule has 0 radical (unpaired) electrons. The first-order chi connectivity index (χ1) is 6.40. The topological polar surface area (TPSA) is 30.0 Å². The van der Waals surface area contributed by atoms with Gasteiger partial charge < -0.3 is 0 Å². The molecule has 0 aromatic carbocycles. The van der Waals surface area contributed by atoms with E-state index in [1.807, 2.05) is 17.1 Å². The maximum atomic E-state index is 10.4. The number of nitrogens with zero attached hydrogens (tertiary/aromatic N) is 1. The highest BCUT2D eigenvalue weighted by Crippen LogP contribution is 2.32. The van der Waals surface area contributed by atoms with E-state index < -0.39 is 0 Å². The van der Waals surface area contributed by atoms with Crippen LogP contribution in [0.1, 0.15) is 34.3 Å². The molecule has 0 N–H and O–H groups in total. The molecule has 1 saturated heterocycles. The zero-order valence-corrected chi connectivity index (χ0v) is 8.87. The number of carbonyl (C=O) groups is 1. The fraction of sp³-hybridized carbons (Fsp3) is 0.556. The second-order valence-corrected chi connectivity index (χ2v) is 5.23. The first-order valence-electron chi connectivity index (χ1n) is 4.38. The molecule has 1 aliphatic rings. The van der Waals surface area contributed by atoms with Gasteiger partial charge in [-0.05, 0) is 24.3 Å². The van der Waals surface area contributed by atoms with E-state index in [4.69, 9.17) is 0 Å². The molecule has 0 unspecified atom stereocenters. The average Bonchev–Trinajstić information content (AvgIpc) is 2.67. The van der Waals surface area contributed by atoms with Crippen molar-refractivity contribution in [2.24, 2.45) is 0 Å². The minimum Gasteiger partial charge on any atom is -0.296 e. The van der Waals surface area contributed by atoms with Crippen LogP contribution in [0.3, 0.4) is 0 Å². The van der Waals surface area contributed by atoms with Gasteiger partial charge in [0.25, 0.3) is 0 Å². The van der Waals surface area contributed by atoms with E-state index in [9.17, 15) is 4.79 Å². The van der Waals surface area contributed by atoms with Crippen molar-refractivity contribution < 1.29 is 4.79 Å². The molecule has 1 aromatic rings. The molecule has 0 spiro atoms. The van der Waals surface area contributed by atoms with Gasteiger partial charge in [-0.3, -0.25) is 4.79 Å². The van der Waals surface area contributed by atoms with Gasteiger partial charge in [-0.15, -0.1) is 11.3 Å². The number of rotatable bonds is 2. The smallest absolute Gasteiger partial charge is 0.169 e. The van der Waals surface area contributed by atoms with Crippen molar-refractivity contribution in [1.29, 1.82) is 0 Å². The predicted octanol–water partition coefficient (Wildman–Crippen LogP) is 2.57. The molecule has 0 amide bonds. The standard InChI is InChI=1S/C9H11NOS2/c11-5-8-6-13-9(10-8)7-1-3-12-4-2-7/h5-7H,1-4H2. The Morgan fingerprint density at radius 3 is 2.85 bits per heavy atom. The van der Waals surface area contributed by atoms with Crippen LogP contribution in [0.15, 0.2) is 5.38 Å². The molecule has 2 nitrogen and oxygen atoms in total. The van der Waals surface area contributed by atoms with Crippen LogP contribution in [0.25, 0.3) is 0 Å². The molecular formula is C9H11NOS2. The van der Waals surface area contributed by atoms with Crippen LogP contribution in [-0.2, 0) is 0 Å². The molecule has 2 rings (SSSR count).